The topological polar surface area (TPSA) is 109 Å². The Kier molecular flexibility index (Phi) is 6.56. The molecule has 0 bridgehead atoms. The van der Waals surface area contributed by atoms with Crippen LogP contribution in [0.3, 0.4) is 0 Å². The summed E-state index contributed by atoms with van der Waals surface area (Å²) in [4.78, 5) is 24.5. The number of alkyl halides is 3. The lowest BCUT2D eigenvalue weighted by molar-refractivity contribution is -0.137. The Morgan fingerprint density at radius 2 is 1.93 bits per heavy atom. The van der Waals surface area contributed by atoms with Gasteiger partial charge in [-0.2, -0.15) is 13.2 Å². The number of furan rings is 1. The van der Waals surface area contributed by atoms with Crippen LogP contribution in [0.25, 0.3) is 0 Å². The SMILES string of the molecule is NC1NC(SCc2ccc(C(F)(F)F)cc2)NC(=O)C1NC(=O)c1ccc(Br)o1. The Bertz CT molecular complexity index is 891. The van der Waals surface area contributed by atoms with Gasteiger partial charge in [-0.25, -0.2) is 0 Å². The molecule has 1 aromatic heterocycles. The molecule has 3 unspecified atom stereocenters. The molecule has 156 valence electrons. The standard InChI is InChI=1S/C17H16BrF3N4O3S/c18-11-6-5-10(28-11)14(26)23-12-13(22)24-16(25-15(12)27)29-7-8-1-3-9(4-2-8)17(19,20)21/h1-6,12-13,16,24H,7,22H2,(H,23,26)(H,25,27). The number of hydrogen-bond acceptors (Lipinski definition) is 6. The van der Waals surface area contributed by atoms with Crippen LogP contribution in [0, 0.1) is 0 Å². The number of nitrogens with one attached hydrogen (secondary N) is 3. The van der Waals surface area contributed by atoms with Gasteiger partial charge >= 0.3 is 6.18 Å². The van der Waals surface area contributed by atoms with Gasteiger partial charge in [0, 0.05) is 5.75 Å². The van der Waals surface area contributed by atoms with Gasteiger partial charge in [0.25, 0.3) is 5.91 Å². The van der Waals surface area contributed by atoms with Crippen molar-refractivity contribution in [1.29, 1.82) is 0 Å². The second-order valence-corrected chi connectivity index (χ2v) is 8.02. The summed E-state index contributed by atoms with van der Waals surface area (Å²) >= 11 is 4.34. The van der Waals surface area contributed by atoms with Crippen molar-refractivity contribution in [2.75, 3.05) is 0 Å². The van der Waals surface area contributed by atoms with Crippen LogP contribution < -0.4 is 21.7 Å². The number of rotatable bonds is 5. The van der Waals surface area contributed by atoms with Crippen LogP contribution in [-0.4, -0.2) is 29.5 Å². The average Bonchev–Trinajstić information content (AvgIpc) is 3.09. The fourth-order valence-electron chi connectivity index (χ4n) is 2.56. The monoisotopic (exact) mass is 492 g/mol. The van der Waals surface area contributed by atoms with Gasteiger partial charge in [-0.15, -0.1) is 11.8 Å². The molecule has 5 N–H and O–H groups in total. The smallest absolute Gasteiger partial charge is 0.416 e. The van der Waals surface area contributed by atoms with E-state index in [1.807, 2.05) is 0 Å². The lowest BCUT2D eigenvalue weighted by Gasteiger charge is -2.35. The molecule has 0 spiro atoms. The molecule has 29 heavy (non-hydrogen) atoms. The van der Waals surface area contributed by atoms with Crippen molar-refractivity contribution < 1.29 is 27.2 Å². The maximum atomic E-state index is 12.6. The predicted octanol–water partition coefficient (Wildman–Crippen LogP) is 2.38. The van der Waals surface area contributed by atoms with Crippen LogP contribution in [0.15, 0.2) is 45.5 Å². The highest BCUT2D eigenvalue weighted by Crippen LogP contribution is 2.29. The normalized spacial score (nSPS) is 22.2. The Hall–Kier alpha value is -2.02. The average molecular weight is 493 g/mol. The molecule has 2 aromatic rings. The van der Waals surface area contributed by atoms with Crippen LogP contribution in [0.1, 0.15) is 21.7 Å². The van der Waals surface area contributed by atoms with E-state index >= 15 is 0 Å². The molecule has 1 saturated heterocycles. The highest BCUT2D eigenvalue weighted by Gasteiger charge is 2.36. The van der Waals surface area contributed by atoms with E-state index in [2.05, 4.69) is 31.9 Å². The Labute approximate surface area is 176 Å². The third-order valence-electron chi connectivity index (χ3n) is 4.04. The molecule has 2 amide bonds. The zero-order valence-corrected chi connectivity index (χ0v) is 17.0. The van der Waals surface area contributed by atoms with E-state index in [1.165, 1.54) is 30.0 Å². The summed E-state index contributed by atoms with van der Waals surface area (Å²) in [5.41, 5.74) is 5.34. The molecule has 12 heteroatoms. The van der Waals surface area contributed by atoms with Crippen molar-refractivity contribution in [3.63, 3.8) is 0 Å². The highest BCUT2D eigenvalue weighted by molar-refractivity contribution is 9.10. The van der Waals surface area contributed by atoms with Crippen LogP contribution in [-0.2, 0) is 16.7 Å². The van der Waals surface area contributed by atoms with E-state index in [9.17, 15) is 22.8 Å². The van der Waals surface area contributed by atoms with Gasteiger partial charge in [-0.3, -0.25) is 14.9 Å². The van der Waals surface area contributed by atoms with Crippen molar-refractivity contribution in [3.8, 4) is 0 Å². The lowest BCUT2D eigenvalue weighted by atomic mass is 10.1. The minimum absolute atomic E-state index is 0.0238. The number of carbonyl (C=O) groups is 2. The summed E-state index contributed by atoms with van der Waals surface area (Å²) < 4.78 is 43.3. The fourth-order valence-corrected chi connectivity index (χ4v) is 3.87. The number of nitrogens with two attached hydrogens (primary N) is 1. The maximum Gasteiger partial charge on any atom is 0.416 e. The van der Waals surface area contributed by atoms with Gasteiger partial charge in [-0.1, -0.05) is 12.1 Å². The zero-order chi connectivity index (χ0) is 21.2. The number of hydrogen-bond donors (Lipinski definition) is 4. The number of thioether (sulfide) groups is 1. The molecule has 1 aliphatic rings. The molecule has 1 fully saturated rings. The first kappa shape index (κ1) is 21.7. The van der Waals surface area contributed by atoms with E-state index < -0.39 is 41.3 Å². The maximum absolute atomic E-state index is 12.6. The van der Waals surface area contributed by atoms with Crippen LogP contribution in [0.4, 0.5) is 13.2 Å². The summed E-state index contributed by atoms with van der Waals surface area (Å²) in [5, 5.41) is 8.10. The molecule has 7 nitrogen and oxygen atoms in total. The number of halogens is 4. The van der Waals surface area contributed by atoms with E-state index in [-0.39, 0.29) is 5.76 Å². The molecule has 0 aliphatic carbocycles. The Morgan fingerprint density at radius 3 is 2.48 bits per heavy atom. The number of amides is 2. The largest absolute Gasteiger partial charge is 0.444 e. The molecule has 2 heterocycles. The quantitative estimate of drug-likeness (QED) is 0.510. The van der Waals surface area contributed by atoms with Crippen LogP contribution >= 0.6 is 27.7 Å². The summed E-state index contributed by atoms with van der Waals surface area (Å²) in [6.45, 7) is 0. The first-order chi connectivity index (χ1) is 13.6. The minimum Gasteiger partial charge on any atom is -0.444 e. The summed E-state index contributed by atoms with van der Waals surface area (Å²) in [5.74, 6) is -0.708. The lowest BCUT2D eigenvalue weighted by Crippen LogP contribution is -2.70. The van der Waals surface area contributed by atoms with E-state index in [0.29, 0.717) is 16.0 Å². The predicted molar refractivity (Wildman–Crippen MR) is 103 cm³/mol. The number of benzene rings is 1. The van der Waals surface area contributed by atoms with E-state index in [4.69, 9.17) is 10.2 Å². The van der Waals surface area contributed by atoms with Crippen LogP contribution in [0.5, 0.6) is 0 Å². The summed E-state index contributed by atoms with van der Waals surface area (Å²) in [6, 6.07) is 6.74. The number of carbonyl (C=O) groups excluding carboxylic acids is 2. The molecular weight excluding hydrogens is 477 g/mol. The van der Waals surface area contributed by atoms with E-state index in [0.717, 1.165) is 12.1 Å². The van der Waals surface area contributed by atoms with Crippen molar-refractivity contribution in [1.82, 2.24) is 16.0 Å². The van der Waals surface area contributed by atoms with Gasteiger partial charge in [0.1, 0.15) is 11.5 Å². The molecule has 0 radical (unpaired) electrons. The van der Waals surface area contributed by atoms with Gasteiger partial charge in [0.05, 0.1) is 11.7 Å². The molecule has 0 saturated carbocycles. The van der Waals surface area contributed by atoms with Gasteiger partial charge < -0.3 is 20.8 Å². The second-order valence-electron chi connectivity index (χ2n) is 6.14. The van der Waals surface area contributed by atoms with Crippen molar-refractivity contribution in [2.45, 2.75) is 29.6 Å². The molecule has 3 atom stereocenters. The second kappa shape index (κ2) is 8.78. The van der Waals surface area contributed by atoms with Crippen LogP contribution in [0.2, 0.25) is 0 Å². The molecule has 3 rings (SSSR count). The first-order valence-corrected chi connectivity index (χ1v) is 10.1. The van der Waals surface area contributed by atoms with Crippen molar-refractivity contribution >= 4 is 39.5 Å². The first-order valence-electron chi connectivity index (χ1n) is 8.29. The van der Waals surface area contributed by atoms with Gasteiger partial charge in [-0.05, 0) is 45.8 Å². The summed E-state index contributed by atoms with van der Waals surface area (Å²) in [6.07, 6.45) is -5.25. The third-order valence-corrected chi connectivity index (χ3v) is 5.55. The third kappa shape index (κ3) is 5.53. The van der Waals surface area contributed by atoms with Crippen molar-refractivity contribution in [3.05, 3.63) is 58.0 Å². The molecular formula is C17H16BrF3N4O3S. The van der Waals surface area contributed by atoms with E-state index in [1.54, 1.807) is 6.07 Å². The van der Waals surface area contributed by atoms with Crippen molar-refractivity contribution in [2.24, 2.45) is 5.73 Å². The Balaban J connectivity index is 1.53. The summed E-state index contributed by atoms with van der Waals surface area (Å²) in [7, 11) is 0. The molecule has 1 aliphatic heterocycles. The Morgan fingerprint density at radius 1 is 1.24 bits per heavy atom. The molecule has 1 aromatic carbocycles. The minimum atomic E-state index is -4.39. The van der Waals surface area contributed by atoms with Gasteiger partial charge in [0.15, 0.2) is 10.4 Å². The zero-order valence-electron chi connectivity index (χ0n) is 14.6. The van der Waals surface area contributed by atoms with Gasteiger partial charge in [0.2, 0.25) is 5.91 Å². The fraction of sp³-hybridized carbons (Fsp3) is 0.294. The highest BCUT2D eigenvalue weighted by atomic mass is 79.9.